The highest BCUT2D eigenvalue weighted by Crippen LogP contribution is 1.92. The fourth-order valence-corrected chi connectivity index (χ4v) is 0.907. The zero-order chi connectivity index (χ0) is 15.4. The number of carboxylic acids is 1. The molecule has 0 unspecified atom stereocenters. The van der Waals surface area contributed by atoms with Gasteiger partial charge in [0.15, 0.2) is 0 Å². The summed E-state index contributed by atoms with van der Waals surface area (Å²) in [6, 6.07) is 0. The maximum Gasteiger partial charge on any atom is 0.330 e. The van der Waals surface area contributed by atoms with Crippen LogP contribution in [0.25, 0.3) is 6.08 Å². The third-order valence-corrected chi connectivity index (χ3v) is 1.87. The summed E-state index contributed by atoms with van der Waals surface area (Å²) in [4.78, 5) is 28.8. The van der Waals surface area contributed by atoms with E-state index < -0.39 is 5.97 Å². The highest BCUT2D eigenvalue weighted by Gasteiger charge is 1.94. The molecule has 2 N–H and O–H groups in total. The van der Waals surface area contributed by atoms with Crippen LogP contribution in [0.15, 0.2) is 31.3 Å². The van der Waals surface area contributed by atoms with Gasteiger partial charge in [0, 0.05) is 24.9 Å². The van der Waals surface area contributed by atoms with Crippen molar-refractivity contribution in [3.63, 3.8) is 0 Å². The molecule has 0 radical (unpaired) electrons. The molecule has 7 nitrogen and oxygen atoms in total. The van der Waals surface area contributed by atoms with Crippen molar-refractivity contribution in [2.24, 2.45) is 0 Å². The number of hydrogen-bond acceptors (Lipinski definition) is 5. The summed E-state index contributed by atoms with van der Waals surface area (Å²) >= 11 is 0. The van der Waals surface area contributed by atoms with Crippen LogP contribution in [0.1, 0.15) is 5.69 Å². The van der Waals surface area contributed by atoms with Crippen LogP contribution in [0.4, 0.5) is 0 Å². The van der Waals surface area contributed by atoms with Gasteiger partial charge < -0.3 is 19.7 Å². The van der Waals surface area contributed by atoms with Crippen molar-refractivity contribution in [1.29, 1.82) is 0 Å². The van der Waals surface area contributed by atoms with Gasteiger partial charge in [0.25, 0.3) is 0 Å². The number of aromatic amines is 1. The van der Waals surface area contributed by atoms with E-state index in [0.717, 1.165) is 18.7 Å². The molecule has 0 saturated heterocycles. The van der Waals surface area contributed by atoms with E-state index in [1.54, 1.807) is 6.20 Å². The van der Waals surface area contributed by atoms with Gasteiger partial charge >= 0.3 is 11.9 Å². The summed E-state index contributed by atoms with van der Waals surface area (Å²) in [6.07, 6.45) is 6.71. The van der Waals surface area contributed by atoms with Gasteiger partial charge in [-0.1, -0.05) is 6.58 Å². The molecular formula is C13H19N3O4. The van der Waals surface area contributed by atoms with E-state index in [0.29, 0.717) is 12.3 Å². The Balaban J connectivity index is 0.000000361. The molecule has 110 valence electrons. The number of aromatic nitrogens is 2. The molecule has 0 spiro atoms. The van der Waals surface area contributed by atoms with Gasteiger partial charge in [-0.25, -0.2) is 14.6 Å². The summed E-state index contributed by atoms with van der Waals surface area (Å²) in [5.41, 5.74) is 0.613. The first kappa shape index (κ1) is 17.6. The van der Waals surface area contributed by atoms with Crippen LogP contribution in [0, 0.1) is 0 Å². The van der Waals surface area contributed by atoms with Gasteiger partial charge in [-0.2, -0.15) is 0 Å². The fraction of sp³-hybridized carbons (Fsp3) is 0.308. The van der Waals surface area contributed by atoms with Crippen LogP contribution in [0.3, 0.4) is 0 Å². The van der Waals surface area contributed by atoms with Gasteiger partial charge in [0.1, 0.15) is 6.61 Å². The first-order valence-corrected chi connectivity index (χ1v) is 5.79. The summed E-state index contributed by atoms with van der Waals surface area (Å²) < 4.78 is 4.70. The minimum absolute atomic E-state index is 0.359. The van der Waals surface area contributed by atoms with Crippen molar-refractivity contribution >= 4 is 18.0 Å². The highest BCUT2D eigenvalue weighted by molar-refractivity contribution is 5.84. The van der Waals surface area contributed by atoms with E-state index in [1.807, 2.05) is 19.0 Å². The van der Waals surface area contributed by atoms with Gasteiger partial charge in [0.05, 0.1) is 12.0 Å². The van der Waals surface area contributed by atoms with Crippen LogP contribution < -0.4 is 0 Å². The predicted molar refractivity (Wildman–Crippen MR) is 75.0 cm³/mol. The Morgan fingerprint density at radius 2 is 2.25 bits per heavy atom. The quantitative estimate of drug-likeness (QED) is 0.591. The number of hydrogen-bond donors (Lipinski definition) is 2. The lowest BCUT2D eigenvalue weighted by Crippen LogP contribution is -2.19. The van der Waals surface area contributed by atoms with Gasteiger partial charge in [-0.3, -0.25) is 0 Å². The minimum atomic E-state index is -0.969. The number of esters is 1. The van der Waals surface area contributed by atoms with Crippen LogP contribution in [0.2, 0.25) is 0 Å². The topological polar surface area (TPSA) is 95.5 Å². The number of aliphatic carboxylic acids is 1. The molecular weight excluding hydrogens is 262 g/mol. The van der Waals surface area contributed by atoms with Crippen molar-refractivity contribution in [3.05, 3.63) is 36.9 Å². The molecule has 0 saturated carbocycles. The first-order chi connectivity index (χ1) is 9.45. The molecule has 1 rings (SSSR count). The number of rotatable bonds is 6. The van der Waals surface area contributed by atoms with Crippen LogP contribution >= 0.6 is 0 Å². The van der Waals surface area contributed by atoms with Crippen molar-refractivity contribution in [2.75, 3.05) is 27.2 Å². The minimum Gasteiger partial charge on any atom is -0.478 e. The Labute approximate surface area is 117 Å². The number of nitrogens with one attached hydrogen (secondary N) is 1. The zero-order valence-corrected chi connectivity index (χ0v) is 11.6. The zero-order valence-electron chi connectivity index (χ0n) is 11.6. The van der Waals surface area contributed by atoms with E-state index in [4.69, 9.17) is 9.84 Å². The van der Waals surface area contributed by atoms with Gasteiger partial charge in [-0.15, -0.1) is 0 Å². The Kier molecular flexibility index (Phi) is 9.24. The average Bonchev–Trinajstić information content (AvgIpc) is 2.89. The third-order valence-electron chi connectivity index (χ3n) is 1.87. The van der Waals surface area contributed by atoms with Crippen molar-refractivity contribution < 1.29 is 19.4 Å². The van der Waals surface area contributed by atoms with E-state index in [9.17, 15) is 9.59 Å². The number of carbonyl (C=O) groups excluding carboxylic acids is 1. The summed E-state index contributed by atoms with van der Waals surface area (Å²) in [6.45, 7) is 4.45. The molecule has 0 aliphatic heterocycles. The Hall–Kier alpha value is -2.41. The largest absolute Gasteiger partial charge is 0.478 e. The molecule has 0 aliphatic carbocycles. The predicted octanol–water partition coefficient (Wildman–Crippen LogP) is 0.785. The second-order valence-corrected chi connectivity index (χ2v) is 3.84. The van der Waals surface area contributed by atoms with E-state index in [2.05, 4.69) is 16.5 Å². The maximum absolute atomic E-state index is 10.4. The van der Waals surface area contributed by atoms with Crippen molar-refractivity contribution in [2.45, 2.75) is 0 Å². The fourth-order valence-electron chi connectivity index (χ4n) is 0.907. The summed E-state index contributed by atoms with van der Waals surface area (Å²) in [7, 11) is 3.84. The number of carbonyl (C=O) groups is 2. The number of H-pyrrole nitrogens is 1. The molecule has 0 atom stereocenters. The molecule has 7 heteroatoms. The van der Waals surface area contributed by atoms with Crippen molar-refractivity contribution in [3.8, 4) is 0 Å². The number of ether oxygens (including phenoxy) is 1. The number of imidazole rings is 1. The lowest BCUT2D eigenvalue weighted by Gasteiger charge is -2.07. The molecule has 0 aromatic carbocycles. The average molecular weight is 281 g/mol. The highest BCUT2D eigenvalue weighted by atomic mass is 16.5. The number of nitrogens with zero attached hydrogens (tertiary/aromatic N) is 2. The van der Waals surface area contributed by atoms with E-state index >= 15 is 0 Å². The second kappa shape index (κ2) is 10.5. The lowest BCUT2D eigenvalue weighted by atomic mass is 10.4. The molecule has 1 aromatic rings. The number of likely N-dealkylation sites (N-methyl/N-ethyl adjacent to an activating group) is 1. The first-order valence-electron chi connectivity index (χ1n) is 5.79. The normalized spacial score (nSPS) is 9.95. The smallest absolute Gasteiger partial charge is 0.330 e. The Morgan fingerprint density at radius 3 is 2.70 bits per heavy atom. The SMILES string of the molecule is C=CC(=O)OCCN(C)C.O=C(O)/C=C/c1c[nH]cn1. The molecule has 0 aliphatic rings. The molecule has 0 bridgehead atoms. The maximum atomic E-state index is 10.4. The second-order valence-electron chi connectivity index (χ2n) is 3.84. The lowest BCUT2D eigenvalue weighted by molar-refractivity contribution is -0.138. The van der Waals surface area contributed by atoms with Crippen LogP contribution in [-0.4, -0.2) is 59.2 Å². The molecule has 1 aromatic heterocycles. The standard InChI is InChI=1S/C7H13NO2.C6H6N2O2/c1-4-7(9)10-6-5-8(2)3;9-6(10)2-1-5-3-7-4-8-5/h4H,1,5-6H2,2-3H3;1-4H,(H,7,8)(H,9,10)/b;2-1+. The van der Waals surface area contributed by atoms with Gasteiger partial charge in [-0.05, 0) is 20.2 Å². The monoisotopic (exact) mass is 281 g/mol. The Bertz CT molecular complexity index is 438. The molecule has 0 fully saturated rings. The van der Waals surface area contributed by atoms with Crippen molar-refractivity contribution in [1.82, 2.24) is 14.9 Å². The number of carboxylic acid groups (broad SMARTS) is 1. The van der Waals surface area contributed by atoms with Crippen LogP contribution in [-0.2, 0) is 14.3 Å². The summed E-state index contributed by atoms with van der Waals surface area (Å²) in [5.74, 6) is -1.33. The van der Waals surface area contributed by atoms with Gasteiger partial charge in [0.2, 0.25) is 0 Å². The third kappa shape index (κ3) is 10.7. The summed E-state index contributed by atoms with van der Waals surface area (Å²) in [5, 5.41) is 8.19. The molecule has 0 amide bonds. The van der Waals surface area contributed by atoms with E-state index in [1.165, 1.54) is 12.4 Å². The van der Waals surface area contributed by atoms with E-state index in [-0.39, 0.29) is 5.97 Å². The molecule has 20 heavy (non-hydrogen) atoms. The Morgan fingerprint density at radius 1 is 1.55 bits per heavy atom. The molecule has 1 heterocycles. The van der Waals surface area contributed by atoms with Crippen LogP contribution in [0.5, 0.6) is 0 Å².